The van der Waals surface area contributed by atoms with E-state index < -0.39 is 0 Å². The number of hydrogen-bond donors (Lipinski definition) is 0. The molecular weight excluding hydrogens is 87.1 g/mol. The molecule has 0 nitrogen and oxygen atoms in total. The Hall–Kier alpha value is 0.520. The Morgan fingerprint density at radius 2 is 2.25 bits per heavy atom. The summed E-state index contributed by atoms with van der Waals surface area (Å²) in [7, 11) is 0.971. The van der Waals surface area contributed by atoms with E-state index in [1.54, 1.807) is 0 Å². The van der Waals surface area contributed by atoms with Crippen molar-refractivity contribution in [3.63, 3.8) is 0 Å². The summed E-state index contributed by atoms with van der Waals surface area (Å²) >= 11 is 4.46. The lowest BCUT2D eigenvalue weighted by Crippen LogP contribution is -1.40. The summed E-state index contributed by atoms with van der Waals surface area (Å²) in [4.78, 5) is 0. The largest absolute Gasteiger partial charge is 0.0578 e. The van der Waals surface area contributed by atoms with Crippen molar-refractivity contribution >= 4 is 19.2 Å². The summed E-state index contributed by atoms with van der Waals surface area (Å²) in [6.45, 7) is 3.49. The molecule has 0 aromatic rings. The molecule has 0 aromatic carbocycles. The molecule has 0 N–H and O–H groups in total. The summed E-state index contributed by atoms with van der Waals surface area (Å²) in [5, 5.41) is 0. The average Bonchev–Trinajstić information content (AvgIpc) is 1.37. The SMILES string of the molecule is [CH2]CP=S. The Labute approximate surface area is 33.1 Å². The van der Waals surface area contributed by atoms with Gasteiger partial charge in [-0.2, -0.15) is 0 Å². The normalized spacial score (nSPS) is 8.25. The lowest BCUT2D eigenvalue weighted by atomic mass is 11.0. The molecule has 0 aromatic heterocycles. The molecule has 0 atom stereocenters. The van der Waals surface area contributed by atoms with Crippen molar-refractivity contribution < 1.29 is 0 Å². The summed E-state index contributed by atoms with van der Waals surface area (Å²) in [6.07, 6.45) is 0.856. The van der Waals surface area contributed by atoms with Crippen LogP contribution in [-0.4, -0.2) is 6.16 Å². The predicted octanol–water partition coefficient (Wildman–Crippen LogP) is 1.23. The van der Waals surface area contributed by atoms with Crippen LogP contribution in [0.2, 0.25) is 0 Å². The summed E-state index contributed by atoms with van der Waals surface area (Å²) in [5.41, 5.74) is 0. The molecule has 0 spiro atoms. The van der Waals surface area contributed by atoms with Gasteiger partial charge in [0, 0.05) is 0 Å². The van der Waals surface area contributed by atoms with Gasteiger partial charge in [0.25, 0.3) is 0 Å². The lowest BCUT2D eigenvalue weighted by molar-refractivity contribution is 1.84. The van der Waals surface area contributed by atoms with Gasteiger partial charge >= 0.3 is 0 Å². The second kappa shape index (κ2) is 3.52. The second-order valence-electron chi connectivity index (χ2n) is 0.353. The van der Waals surface area contributed by atoms with Crippen LogP contribution in [0.4, 0.5) is 0 Å². The molecule has 2 heteroatoms. The van der Waals surface area contributed by atoms with Crippen LogP contribution in [0, 0.1) is 6.92 Å². The van der Waals surface area contributed by atoms with Crippen LogP contribution < -0.4 is 0 Å². The highest BCUT2D eigenvalue weighted by Crippen LogP contribution is 1.82. The van der Waals surface area contributed by atoms with Gasteiger partial charge in [-0.05, 0) is 20.4 Å². The van der Waals surface area contributed by atoms with Gasteiger partial charge in [0.1, 0.15) is 0 Å². The Morgan fingerprint density at radius 3 is 2.25 bits per heavy atom. The highest BCUT2D eigenvalue weighted by molar-refractivity contribution is 7.96. The molecule has 23 valence electrons. The number of hydrogen-bond acceptors (Lipinski definition) is 1. The molecular formula is C2H4PS. The van der Waals surface area contributed by atoms with E-state index in [4.69, 9.17) is 0 Å². The molecule has 0 saturated heterocycles. The Morgan fingerprint density at radius 1 is 2.00 bits per heavy atom. The monoisotopic (exact) mass is 91.0 g/mol. The van der Waals surface area contributed by atoms with Gasteiger partial charge in [-0.25, -0.2) is 0 Å². The minimum absolute atomic E-state index is 0.856. The molecule has 4 heavy (non-hydrogen) atoms. The smallest absolute Gasteiger partial charge is 0.000133 e. The molecule has 0 aliphatic carbocycles. The van der Waals surface area contributed by atoms with Crippen molar-refractivity contribution in [2.24, 2.45) is 0 Å². The molecule has 0 rings (SSSR count). The summed E-state index contributed by atoms with van der Waals surface area (Å²) in [5.74, 6) is 0. The van der Waals surface area contributed by atoms with E-state index in [0.29, 0.717) is 0 Å². The fourth-order valence-electron chi connectivity index (χ4n) is 0. The van der Waals surface area contributed by atoms with Crippen molar-refractivity contribution in [3.8, 4) is 0 Å². The molecule has 0 bridgehead atoms. The van der Waals surface area contributed by atoms with Gasteiger partial charge in [-0.3, -0.25) is 0 Å². The van der Waals surface area contributed by atoms with Crippen LogP contribution in [0.3, 0.4) is 0 Å². The van der Waals surface area contributed by atoms with Gasteiger partial charge < -0.3 is 0 Å². The number of rotatable bonds is 1. The zero-order chi connectivity index (χ0) is 3.41. The lowest BCUT2D eigenvalue weighted by Gasteiger charge is -1.53. The third-order valence-corrected chi connectivity index (χ3v) is 0.822. The fraction of sp³-hybridized carbons (Fsp3) is 0.500. The maximum Gasteiger partial charge on any atom is -0.000133 e. The van der Waals surface area contributed by atoms with E-state index in [9.17, 15) is 0 Å². The minimum atomic E-state index is 0.856. The van der Waals surface area contributed by atoms with E-state index in [2.05, 4.69) is 18.7 Å². The maximum atomic E-state index is 4.46. The average molecular weight is 91.1 g/mol. The first-order valence-corrected chi connectivity index (χ1v) is 3.09. The zero-order valence-corrected chi connectivity index (χ0v) is 3.98. The molecule has 0 aliphatic rings. The van der Waals surface area contributed by atoms with Gasteiger partial charge in [-0.15, -0.1) is 0 Å². The van der Waals surface area contributed by atoms with Crippen molar-refractivity contribution in [2.45, 2.75) is 0 Å². The van der Waals surface area contributed by atoms with Crippen molar-refractivity contribution in [1.82, 2.24) is 0 Å². The molecule has 0 unspecified atom stereocenters. The first-order valence-electron chi connectivity index (χ1n) is 0.999. The van der Waals surface area contributed by atoms with Gasteiger partial charge in [-0.1, -0.05) is 11.8 Å². The minimum Gasteiger partial charge on any atom is -0.0578 e. The maximum absolute atomic E-state index is 4.46. The Balaban J connectivity index is 2.30. The highest BCUT2D eigenvalue weighted by Gasteiger charge is 1.49. The molecule has 0 saturated carbocycles. The van der Waals surface area contributed by atoms with Crippen LogP contribution in [0.15, 0.2) is 0 Å². The Kier molecular flexibility index (Phi) is 3.98. The van der Waals surface area contributed by atoms with Crippen molar-refractivity contribution in [1.29, 1.82) is 0 Å². The van der Waals surface area contributed by atoms with Gasteiger partial charge in [0.15, 0.2) is 0 Å². The molecule has 0 aliphatic heterocycles. The van der Waals surface area contributed by atoms with Gasteiger partial charge in [0.05, 0.1) is 0 Å². The van der Waals surface area contributed by atoms with E-state index in [1.807, 2.05) is 0 Å². The van der Waals surface area contributed by atoms with E-state index in [1.165, 1.54) is 0 Å². The van der Waals surface area contributed by atoms with Gasteiger partial charge in [0.2, 0.25) is 0 Å². The first kappa shape index (κ1) is 4.52. The summed E-state index contributed by atoms with van der Waals surface area (Å²) < 4.78 is 0. The van der Waals surface area contributed by atoms with Crippen LogP contribution in [0.25, 0.3) is 0 Å². The van der Waals surface area contributed by atoms with Crippen LogP contribution in [0.5, 0.6) is 0 Å². The second-order valence-corrected chi connectivity index (χ2v) is 1.83. The van der Waals surface area contributed by atoms with Crippen LogP contribution >= 0.6 is 7.36 Å². The molecule has 1 radical (unpaired) electrons. The topological polar surface area (TPSA) is 0 Å². The predicted molar refractivity (Wildman–Crippen MR) is 24.5 cm³/mol. The highest BCUT2D eigenvalue weighted by atomic mass is 32.4. The molecule has 0 heterocycles. The van der Waals surface area contributed by atoms with E-state index in [-0.39, 0.29) is 0 Å². The third-order valence-electron chi connectivity index (χ3n) is 0.0913. The van der Waals surface area contributed by atoms with Crippen molar-refractivity contribution in [2.75, 3.05) is 6.16 Å². The van der Waals surface area contributed by atoms with Crippen molar-refractivity contribution in [3.05, 3.63) is 6.92 Å². The van der Waals surface area contributed by atoms with Crippen LogP contribution in [-0.2, 0) is 11.8 Å². The third kappa shape index (κ3) is 2.52. The Bertz CT molecular complexity index is 20.0. The molecule has 0 fully saturated rings. The zero-order valence-electron chi connectivity index (χ0n) is 2.27. The van der Waals surface area contributed by atoms with Crippen LogP contribution in [0.1, 0.15) is 0 Å². The first-order chi connectivity index (χ1) is 1.91. The van der Waals surface area contributed by atoms with E-state index in [0.717, 1.165) is 13.5 Å². The quantitative estimate of drug-likeness (QED) is 0.437. The summed E-state index contributed by atoms with van der Waals surface area (Å²) in [6, 6.07) is 0. The van der Waals surface area contributed by atoms with E-state index >= 15 is 0 Å². The molecule has 0 amide bonds. The fourth-order valence-corrected chi connectivity index (χ4v) is 0. The standard InChI is InChI=1S/C2H4PS/c1-2-3-4/h1-2H2.